The van der Waals surface area contributed by atoms with E-state index in [9.17, 15) is 4.79 Å². The van der Waals surface area contributed by atoms with Gasteiger partial charge in [0, 0.05) is 54.9 Å². The van der Waals surface area contributed by atoms with E-state index in [-0.39, 0.29) is 11.7 Å². The molecule has 4 heterocycles. The first-order chi connectivity index (χ1) is 15.0. The van der Waals surface area contributed by atoms with E-state index < -0.39 is 0 Å². The molecule has 0 saturated carbocycles. The lowest BCUT2D eigenvalue weighted by atomic mass is 10.1. The topological polar surface area (TPSA) is 78.2 Å². The van der Waals surface area contributed by atoms with Crippen LogP contribution in [0.4, 0.5) is 5.82 Å². The van der Waals surface area contributed by atoms with Crippen LogP contribution in [0.25, 0.3) is 5.65 Å². The summed E-state index contributed by atoms with van der Waals surface area (Å²) in [7, 11) is 0. The summed E-state index contributed by atoms with van der Waals surface area (Å²) < 4.78 is 18.9. The van der Waals surface area contributed by atoms with Crippen LogP contribution in [0.1, 0.15) is 29.7 Å². The van der Waals surface area contributed by atoms with Crippen LogP contribution >= 0.6 is 0 Å². The van der Waals surface area contributed by atoms with Crippen LogP contribution in [0.2, 0.25) is 0 Å². The lowest BCUT2D eigenvalue weighted by molar-refractivity contribution is 0.159. The number of fused-ring (bicyclic) bond motifs is 2. The van der Waals surface area contributed by atoms with Crippen molar-refractivity contribution in [2.24, 2.45) is 0 Å². The van der Waals surface area contributed by atoms with Gasteiger partial charge >= 0.3 is 0 Å². The molecular formula is C23H26N4O4. The zero-order valence-corrected chi connectivity index (χ0v) is 18.1. The number of nitrogens with zero attached hydrogens (tertiary/aromatic N) is 4. The average Bonchev–Trinajstić information content (AvgIpc) is 2.77. The first-order valence-electron chi connectivity index (χ1n) is 10.7. The Hall–Kier alpha value is -3.29. The molecule has 0 bridgehead atoms. The van der Waals surface area contributed by atoms with Crippen molar-refractivity contribution in [2.45, 2.75) is 39.7 Å². The van der Waals surface area contributed by atoms with Crippen molar-refractivity contribution in [3.8, 4) is 17.2 Å². The summed E-state index contributed by atoms with van der Waals surface area (Å²) in [5.41, 5.74) is 3.23. The van der Waals surface area contributed by atoms with Gasteiger partial charge in [-0.2, -0.15) is 4.52 Å². The number of hydrogen-bond donors (Lipinski definition) is 0. The molecule has 0 N–H and O–H groups in total. The molecule has 0 amide bonds. The van der Waals surface area contributed by atoms with E-state index >= 15 is 0 Å². The third-order valence-electron chi connectivity index (χ3n) is 6.01. The molecule has 2 aromatic heterocycles. The average molecular weight is 422 g/mol. The van der Waals surface area contributed by atoms with Crippen LogP contribution in [0.15, 0.2) is 29.1 Å². The normalized spacial score (nSPS) is 16.5. The second-order valence-corrected chi connectivity index (χ2v) is 8.15. The van der Waals surface area contributed by atoms with Gasteiger partial charge in [-0.15, -0.1) is 5.10 Å². The van der Waals surface area contributed by atoms with Crippen molar-refractivity contribution >= 4 is 11.5 Å². The van der Waals surface area contributed by atoms with Gasteiger partial charge in [0.25, 0.3) is 5.56 Å². The van der Waals surface area contributed by atoms with Gasteiger partial charge < -0.3 is 19.1 Å². The molecule has 1 fully saturated rings. The highest BCUT2D eigenvalue weighted by atomic mass is 16.6. The summed E-state index contributed by atoms with van der Waals surface area (Å²) in [4.78, 5) is 19.2. The molecule has 0 unspecified atom stereocenters. The number of benzene rings is 1. The van der Waals surface area contributed by atoms with Gasteiger partial charge in [0.2, 0.25) is 0 Å². The maximum absolute atomic E-state index is 12.5. The van der Waals surface area contributed by atoms with Gasteiger partial charge in [0.1, 0.15) is 25.1 Å². The van der Waals surface area contributed by atoms with E-state index in [1.54, 1.807) is 0 Å². The molecule has 8 heteroatoms. The van der Waals surface area contributed by atoms with E-state index in [1.807, 2.05) is 39.0 Å². The van der Waals surface area contributed by atoms with Crippen LogP contribution in [0.3, 0.4) is 0 Å². The fourth-order valence-electron chi connectivity index (χ4n) is 4.21. The monoisotopic (exact) mass is 422 g/mol. The minimum Gasteiger partial charge on any atom is -0.490 e. The van der Waals surface area contributed by atoms with Crippen LogP contribution in [-0.4, -0.2) is 47.0 Å². The Morgan fingerprint density at radius 3 is 2.52 bits per heavy atom. The van der Waals surface area contributed by atoms with E-state index in [1.165, 1.54) is 10.6 Å². The molecule has 2 aliphatic rings. The molecule has 1 aromatic carbocycles. The molecule has 3 aromatic rings. The minimum atomic E-state index is -0.149. The maximum atomic E-state index is 12.5. The number of aromatic nitrogens is 3. The molecule has 0 aliphatic carbocycles. The van der Waals surface area contributed by atoms with Gasteiger partial charge in [-0.05, 0) is 32.9 Å². The van der Waals surface area contributed by atoms with Crippen molar-refractivity contribution in [3.05, 3.63) is 51.4 Å². The lowest BCUT2D eigenvalue weighted by Crippen LogP contribution is -2.39. The van der Waals surface area contributed by atoms with Gasteiger partial charge in [-0.3, -0.25) is 4.79 Å². The summed E-state index contributed by atoms with van der Waals surface area (Å²) >= 11 is 0. The van der Waals surface area contributed by atoms with Crippen molar-refractivity contribution < 1.29 is 14.2 Å². The summed E-state index contributed by atoms with van der Waals surface area (Å²) in [6.45, 7) is 8.63. The van der Waals surface area contributed by atoms with Crippen LogP contribution < -0.4 is 24.7 Å². The van der Waals surface area contributed by atoms with Crippen molar-refractivity contribution in [2.75, 3.05) is 31.2 Å². The van der Waals surface area contributed by atoms with Gasteiger partial charge in [0.15, 0.2) is 23.0 Å². The highest BCUT2D eigenvalue weighted by molar-refractivity contribution is 5.59. The number of piperidine rings is 1. The smallest absolute Gasteiger partial charge is 0.274 e. The summed E-state index contributed by atoms with van der Waals surface area (Å²) in [5.74, 6) is 3.14. The molecule has 8 nitrogen and oxygen atoms in total. The Balaban J connectivity index is 1.32. The predicted molar refractivity (Wildman–Crippen MR) is 117 cm³/mol. The van der Waals surface area contributed by atoms with E-state index in [0.717, 1.165) is 60.1 Å². The van der Waals surface area contributed by atoms with E-state index in [4.69, 9.17) is 14.2 Å². The Kier molecular flexibility index (Phi) is 4.92. The van der Waals surface area contributed by atoms with Crippen LogP contribution in [0, 0.1) is 20.8 Å². The first-order valence-corrected chi connectivity index (χ1v) is 10.7. The highest BCUT2D eigenvalue weighted by Crippen LogP contribution is 2.34. The van der Waals surface area contributed by atoms with Crippen molar-refractivity contribution in [1.29, 1.82) is 0 Å². The quantitative estimate of drug-likeness (QED) is 0.642. The van der Waals surface area contributed by atoms with Crippen LogP contribution in [-0.2, 0) is 0 Å². The third-order valence-corrected chi connectivity index (χ3v) is 6.01. The number of ether oxygens (including phenoxy) is 3. The SMILES string of the molecule is Cc1cc(=O)n2nc(N3CCC(Oc4ccc5c(c4)OCCO5)CC3)c(C)c(C)c2n1. The molecule has 5 rings (SSSR count). The standard InChI is InChI=1S/C23H26N4O4/c1-14-12-21(28)27-22(24-14)15(2)16(3)23(25-27)26-8-6-17(7-9-26)31-18-4-5-19-20(13-18)30-11-10-29-19/h4-5,12-13,17H,6-11H2,1-3H3. The Morgan fingerprint density at radius 2 is 1.74 bits per heavy atom. The Morgan fingerprint density at radius 1 is 1.00 bits per heavy atom. The lowest BCUT2D eigenvalue weighted by Gasteiger charge is -2.34. The molecule has 1 saturated heterocycles. The zero-order valence-electron chi connectivity index (χ0n) is 18.1. The summed E-state index contributed by atoms with van der Waals surface area (Å²) in [6.07, 6.45) is 1.86. The molecule has 162 valence electrons. The number of aryl methyl sites for hydroxylation is 2. The predicted octanol–water partition coefficient (Wildman–Crippen LogP) is 2.83. The van der Waals surface area contributed by atoms with Gasteiger partial charge in [-0.25, -0.2) is 4.98 Å². The molecule has 0 spiro atoms. The van der Waals surface area contributed by atoms with Crippen molar-refractivity contribution in [3.63, 3.8) is 0 Å². The third kappa shape index (κ3) is 3.66. The molecular weight excluding hydrogens is 396 g/mol. The van der Waals surface area contributed by atoms with Gasteiger partial charge in [-0.1, -0.05) is 0 Å². The second kappa shape index (κ2) is 7.76. The van der Waals surface area contributed by atoms with Gasteiger partial charge in [0.05, 0.1) is 0 Å². The van der Waals surface area contributed by atoms with E-state index in [2.05, 4.69) is 15.0 Å². The molecule has 0 radical (unpaired) electrons. The minimum absolute atomic E-state index is 0.118. The Labute approximate surface area is 180 Å². The Bertz CT molecular complexity index is 1200. The van der Waals surface area contributed by atoms with Crippen molar-refractivity contribution in [1.82, 2.24) is 14.6 Å². The first kappa shape index (κ1) is 19.7. The zero-order chi connectivity index (χ0) is 21.5. The number of rotatable bonds is 3. The fourth-order valence-corrected chi connectivity index (χ4v) is 4.21. The largest absolute Gasteiger partial charge is 0.490 e. The molecule has 31 heavy (non-hydrogen) atoms. The maximum Gasteiger partial charge on any atom is 0.274 e. The summed E-state index contributed by atoms with van der Waals surface area (Å²) in [5, 5.41) is 4.65. The highest BCUT2D eigenvalue weighted by Gasteiger charge is 2.25. The number of hydrogen-bond acceptors (Lipinski definition) is 7. The second-order valence-electron chi connectivity index (χ2n) is 8.15. The fraction of sp³-hybridized carbons (Fsp3) is 0.435. The van der Waals surface area contributed by atoms with Crippen LogP contribution in [0.5, 0.6) is 17.2 Å². The molecule has 0 atom stereocenters. The molecule has 2 aliphatic heterocycles. The summed E-state index contributed by atoms with van der Waals surface area (Å²) in [6, 6.07) is 7.25. The van der Waals surface area contributed by atoms with E-state index in [0.29, 0.717) is 24.6 Å². The number of anilines is 1.